The van der Waals surface area contributed by atoms with Crippen molar-refractivity contribution in [1.29, 1.82) is 0 Å². The molecule has 2 aliphatic heterocycles. The van der Waals surface area contributed by atoms with Gasteiger partial charge in [0.2, 0.25) is 0 Å². The highest BCUT2D eigenvalue weighted by Crippen LogP contribution is 2.52. The molecular weight excluding hydrogens is 749 g/mol. The molecule has 14 heteroatoms. The van der Waals surface area contributed by atoms with Gasteiger partial charge in [-0.2, -0.15) is 9.61 Å². The molecular formula is C43H66N8O4Si2. The predicted molar refractivity (Wildman–Crippen MR) is 233 cm³/mol. The second-order valence-electron chi connectivity index (χ2n) is 20.2. The fourth-order valence-corrected chi connectivity index (χ4v) is 9.74. The lowest BCUT2D eigenvalue weighted by atomic mass is 9.85. The van der Waals surface area contributed by atoms with Gasteiger partial charge in [-0.15, -0.1) is 0 Å². The summed E-state index contributed by atoms with van der Waals surface area (Å²) in [4.78, 5) is 36.4. The van der Waals surface area contributed by atoms with Gasteiger partial charge in [0, 0.05) is 75.9 Å². The summed E-state index contributed by atoms with van der Waals surface area (Å²) in [6.45, 7) is 26.5. The third kappa shape index (κ3) is 9.83. The molecule has 1 aliphatic carbocycles. The third-order valence-electron chi connectivity index (χ3n) is 11.6. The monoisotopic (exact) mass is 814 g/mol. The summed E-state index contributed by atoms with van der Waals surface area (Å²) >= 11 is 0. The fourth-order valence-electron chi connectivity index (χ4n) is 8.23. The van der Waals surface area contributed by atoms with E-state index in [0.717, 1.165) is 102 Å². The first-order chi connectivity index (χ1) is 26.8. The Morgan fingerprint density at radius 3 is 2.02 bits per heavy atom. The zero-order chi connectivity index (χ0) is 40.9. The van der Waals surface area contributed by atoms with Crippen LogP contribution in [-0.2, 0) is 14.2 Å². The molecule has 7 rings (SSSR count). The summed E-state index contributed by atoms with van der Waals surface area (Å²) in [6, 6.07) is 6.55. The molecule has 1 N–H and O–H groups in total. The minimum absolute atomic E-state index is 0.123. The molecule has 1 saturated carbocycles. The molecule has 0 radical (unpaired) electrons. The maximum Gasteiger partial charge on any atom is 0.410 e. The maximum absolute atomic E-state index is 13.5. The zero-order valence-electron chi connectivity index (χ0n) is 36.4. The average Bonchev–Trinajstić information content (AvgIpc) is 3.70. The van der Waals surface area contributed by atoms with E-state index in [-0.39, 0.29) is 24.1 Å². The SMILES string of the molecule is Cc1nc(-c2ccc(-c3cnn4c(N(COCC[Si](C)(C)C)COCC[Si](C)(C)C)c(C5CC5)c(C5CC6CC[C@H](C5)N6C(=O)OC(C)(C)C)nc34)cn2)[nH]c1C. The van der Waals surface area contributed by atoms with Crippen molar-refractivity contribution in [1.82, 2.24) is 34.4 Å². The van der Waals surface area contributed by atoms with E-state index in [2.05, 4.69) is 60.2 Å². The Kier molecular flexibility index (Phi) is 11.8. The molecule has 3 fully saturated rings. The van der Waals surface area contributed by atoms with Crippen molar-refractivity contribution in [3.8, 4) is 22.6 Å². The Morgan fingerprint density at radius 2 is 1.51 bits per heavy atom. The van der Waals surface area contributed by atoms with Crippen LogP contribution in [0.2, 0.25) is 51.4 Å². The molecule has 57 heavy (non-hydrogen) atoms. The molecule has 3 atom stereocenters. The highest BCUT2D eigenvalue weighted by atomic mass is 28.3. The van der Waals surface area contributed by atoms with Gasteiger partial charge in [-0.1, -0.05) is 45.3 Å². The van der Waals surface area contributed by atoms with Crippen LogP contribution in [0.5, 0.6) is 0 Å². The first kappa shape index (κ1) is 41.6. The molecule has 2 saturated heterocycles. The summed E-state index contributed by atoms with van der Waals surface area (Å²) in [5.41, 5.74) is 7.36. The van der Waals surface area contributed by atoms with E-state index in [9.17, 15) is 4.79 Å². The second kappa shape index (κ2) is 16.2. The number of carbonyl (C=O) groups is 1. The molecule has 2 bridgehead atoms. The number of piperidine rings is 1. The number of hydrogen-bond donors (Lipinski definition) is 1. The van der Waals surface area contributed by atoms with Crippen molar-refractivity contribution < 1.29 is 19.0 Å². The molecule has 1 amide bonds. The van der Waals surface area contributed by atoms with Crippen molar-refractivity contribution in [2.75, 3.05) is 31.6 Å². The lowest BCUT2D eigenvalue weighted by molar-refractivity contribution is 0.00565. The Bertz CT molecular complexity index is 1990. The van der Waals surface area contributed by atoms with Crippen molar-refractivity contribution in [2.45, 2.75) is 154 Å². The van der Waals surface area contributed by atoms with Crippen LogP contribution in [0.25, 0.3) is 28.3 Å². The second-order valence-corrected chi connectivity index (χ2v) is 31.4. The number of aryl methyl sites for hydroxylation is 2. The largest absolute Gasteiger partial charge is 0.444 e. The van der Waals surface area contributed by atoms with Crippen molar-refractivity contribution in [3.63, 3.8) is 0 Å². The molecule has 6 heterocycles. The number of nitrogens with zero attached hydrogens (tertiary/aromatic N) is 7. The topological polar surface area (TPSA) is 123 Å². The van der Waals surface area contributed by atoms with Gasteiger partial charge in [0.15, 0.2) is 11.5 Å². The summed E-state index contributed by atoms with van der Waals surface area (Å²) in [5.74, 6) is 2.36. The van der Waals surface area contributed by atoms with Crippen LogP contribution in [0.3, 0.4) is 0 Å². The number of nitrogens with one attached hydrogen (secondary N) is 1. The van der Waals surface area contributed by atoms with Gasteiger partial charge in [0.1, 0.15) is 30.6 Å². The van der Waals surface area contributed by atoms with E-state index < -0.39 is 21.7 Å². The number of H-pyrrole nitrogens is 1. The predicted octanol–water partition coefficient (Wildman–Crippen LogP) is 9.75. The molecule has 4 aromatic rings. The van der Waals surface area contributed by atoms with Crippen LogP contribution in [0.1, 0.15) is 93.8 Å². The van der Waals surface area contributed by atoms with Crippen molar-refractivity contribution in [3.05, 3.63) is 47.2 Å². The maximum atomic E-state index is 13.5. The molecule has 4 aromatic heterocycles. The third-order valence-corrected chi connectivity index (χ3v) is 15.0. The summed E-state index contributed by atoms with van der Waals surface area (Å²) in [6.07, 6.45) is 9.58. The number of amides is 1. The fraction of sp³-hybridized carbons (Fsp3) is 0.651. The van der Waals surface area contributed by atoms with Crippen LogP contribution >= 0.6 is 0 Å². The van der Waals surface area contributed by atoms with Gasteiger partial charge in [0.05, 0.1) is 17.6 Å². The number of fused-ring (bicyclic) bond motifs is 3. The molecule has 3 aliphatic rings. The van der Waals surface area contributed by atoms with Crippen LogP contribution in [0.15, 0.2) is 24.5 Å². The number of aromatic amines is 1. The molecule has 0 aromatic carbocycles. The van der Waals surface area contributed by atoms with E-state index in [1.165, 1.54) is 5.56 Å². The van der Waals surface area contributed by atoms with E-state index >= 15 is 0 Å². The Hall–Kier alpha value is -3.60. The number of aromatic nitrogens is 6. The van der Waals surface area contributed by atoms with E-state index in [1.54, 1.807) is 0 Å². The van der Waals surface area contributed by atoms with Gasteiger partial charge in [-0.05, 0) is 97.2 Å². The number of hydrogen-bond acceptors (Lipinski definition) is 9. The van der Waals surface area contributed by atoms with E-state index in [0.29, 0.717) is 32.6 Å². The van der Waals surface area contributed by atoms with E-state index in [1.807, 2.05) is 62.5 Å². The Morgan fingerprint density at radius 1 is 0.877 bits per heavy atom. The van der Waals surface area contributed by atoms with Gasteiger partial charge in [-0.25, -0.2) is 14.8 Å². The van der Waals surface area contributed by atoms with Gasteiger partial charge >= 0.3 is 6.09 Å². The normalized spacial score (nSPS) is 20.1. The number of anilines is 1. The average molecular weight is 815 g/mol. The van der Waals surface area contributed by atoms with Crippen LogP contribution < -0.4 is 4.90 Å². The molecule has 2 unspecified atom stereocenters. The Labute approximate surface area is 341 Å². The van der Waals surface area contributed by atoms with Gasteiger partial charge in [-0.3, -0.25) is 4.98 Å². The van der Waals surface area contributed by atoms with Crippen LogP contribution in [-0.4, -0.2) is 101 Å². The summed E-state index contributed by atoms with van der Waals surface area (Å²) in [7, 11) is -2.59. The molecule has 0 spiro atoms. The minimum atomic E-state index is -1.30. The lowest BCUT2D eigenvalue weighted by Gasteiger charge is -2.40. The molecule has 12 nitrogen and oxygen atoms in total. The van der Waals surface area contributed by atoms with Gasteiger partial charge < -0.3 is 29.0 Å². The summed E-state index contributed by atoms with van der Waals surface area (Å²) < 4.78 is 21.1. The van der Waals surface area contributed by atoms with E-state index in [4.69, 9.17) is 29.3 Å². The highest BCUT2D eigenvalue weighted by molar-refractivity contribution is 6.76. The van der Waals surface area contributed by atoms with Crippen LogP contribution in [0.4, 0.5) is 10.6 Å². The quantitative estimate of drug-likeness (QED) is 0.0710. The van der Waals surface area contributed by atoms with Gasteiger partial charge in [0.25, 0.3) is 0 Å². The summed E-state index contributed by atoms with van der Waals surface area (Å²) in [5, 5.41) is 5.11. The lowest BCUT2D eigenvalue weighted by Crippen LogP contribution is -2.48. The number of imidazole rings is 1. The molecule has 310 valence electrons. The number of rotatable bonds is 15. The van der Waals surface area contributed by atoms with Crippen LogP contribution in [0, 0.1) is 13.8 Å². The smallest absolute Gasteiger partial charge is 0.410 e. The Balaban J connectivity index is 1.31. The number of carbonyl (C=O) groups excluding carboxylic acids is 1. The first-order valence-electron chi connectivity index (χ1n) is 21.2. The van der Waals surface area contributed by atoms with Crippen molar-refractivity contribution in [2.24, 2.45) is 0 Å². The van der Waals surface area contributed by atoms with Crippen molar-refractivity contribution >= 4 is 33.7 Å². The number of ether oxygens (including phenoxy) is 3. The standard InChI is InChI=1S/C43H66N8O4Si2/c1-28-29(2)47-39(46-28)36-17-14-31(24-44-36)35-25-45-51-40(35)48-38(32-22-33-15-16-34(23-32)50(33)42(52)55-43(3,4)5)37(30-12-13-30)41(51)49(26-53-18-20-56(6,7)8)27-54-19-21-57(9,10)11/h14,17,24-25,30,32-34H,12-13,15-16,18-23,26-27H2,1-11H3,(H,46,47)/t32?,33-,34?/m1/s1. The highest BCUT2D eigenvalue weighted by Gasteiger charge is 2.47. The first-order valence-corrected chi connectivity index (χ1v) is 28.6. The number of pyridine rings is 1. The zero-order valence-corrected chi connectivity index (χ0v) is 38.4. The minimum Gasteiger partial charge on any atom is -0.444 e.